The van der Waals surface area contributed by atoms with Crippen LogP contribution < -0.4 is 5.32 Å². The third-order valence-corrected chi connectivity index (χ3v) is 5.63. The first-order chi connectivity index (χ1) is 11.9. The first kappa shape index (κ1) is 17.8. The molecular formula is C16H10BrFN2O3S2. The second kappa shape index (κ2) is 7.51. The molecule has 2 heterocycles. The molecule has 3 amide bonds. The molecule has 9 heteroatoms. The van der Waals surface area contributed by atoms with Crippen LogP contribution >= 0.6 is 39.0 Å². The Hall–Kier alpha value is -1.97. The van der Waals surface area contributed by atoms with Crippen molar-refractivity contribution >= 4 is 67.8 Å². The minimum atomic E-state index is -0.576. The van der Waals surface area contributed by atoms with E-state index >= 15 is 0 Å². The van der Waals surface area contributed by atoms with Crippen LogP contribution in [0.1, 0.15) is 4.88 Å². The van der Waals surface area contributed by atoms with E-state index in [4.69, 9.17) is 0 Å². The third kappa shape index (κ3) is 4.36. The lowest BCUT2D eigenvalue weighted by Gasteiger charge is -2.12. The molecule has 0 atom stereocenters. The highest BCUT2D eigenvalue weighted by Gasteiger charge is 2.36. The van der Waals surface area contributed by atoms with Crippen LogP contribution in [0.4, 0.5) is 14.9 Å². The number of hydrogen-bond donors (Lipinski definition) is 1. The molecule has 2 aromatic rings. The summed E-state index contributed by atoms with van der Waals surface area (Å²) in [5, 5.41) is 1.95. The molecule has 0 bridgehead atoms. The number of thiophene rings is 1. The number of halogens is 2. The quantitative estimate of drug-likeness (QED) is 0.718. The van der Waals surface area contributed by atoms with Gasteiger partial charge in [0.15, 0.2) is 0 Å². The van der Waals surface area contributed by atoms with Crippen LogP contribution in [0.25, 0.3) is 6.08 Å². The lowest BCUT2D eigenvalue weighted by Crippen LogP contribution is -2.36. The maximum Gasteiger partial charge on any atom is 0.294 e. The third-order valence-electron chi connectivity index (χ3n) is 3.15. The van der Waals surface area contributed by atoms with E-state index in [2.05, 4.69) is 21.2 Å². The first-order valence-corrected chi connectivity index (χ1v) is 9.41. The van der Waals surface area contributed by atoms with E-state index in [9.17, 15) is 18.8 Å². The van der Waals surface area contributed by atoms with Crippen molar-refractivity contribution in [2.45, 2.75) is 0 Å². The van der Waals surface area contributed by atoms with E-state index in [1.807, 2.05) is 12.1 Å². The molecule has 128 valence electrons. The van der Waals surface area contributed by atoms with E-state index in [-0.39, 0.29) is 10.6 Å². The minimum Gasteiger partial charge on any atom is -0.324 e. The van der Waals surface area contributed by atoms with Crippen molar-refractivity contribution in [3.05, 3.63) is 55.8 Å². The summed E-state index contributed by atoms with van der Waals surface area (Å²) >= 11 is 5.54. The number of benzene rings is 1. The van der Waals surface area contributed by atoms with Gasteiger partial charge in [-0.3, -0.25) is 19.3 Å². The highest BCUT2D eigenvalue weighted by atomic mass is 79.9. The number of carbonyl (C=O) groups is 3. The van der Waals surface area contributed by atoms with Gasteiger partial charge in [0.05, 0.1) is 8.69 Å². The van der Waals surface area contributed by atoms with Gasteiger partial charge >= 0.3 is 0 Å². The number of nitrogens with zero attached hydrogens (tertiary/aromatic N) is 1. The largest absolute Gasteiger partial charge is 0.324 e. The Morgan fingerprint density at radius 1 is 1.28 bits per heavy atom. The van der Waals surface area contributed by atoms with Crippen LogP contribution in [0.15, 0.2) is 45.1 Å². The number of thioether (sulfide) groups is 1. The number of hydrogen-bond acceptors (Lipinski definition) is 5. The predicted octanol–water partition coefficient (Wildman–Crippen LogP) is 4.32. The zero-order valence-electron chi connectivity index (χ0n) is 12.5. The number of rotatable bonds is 4. The fourth-order valence-corrected chi connectivity index (χ4v) is 4.35. The summed E-state index contributed by atoms with van der Waals surface area (Å²) in [6.45, 7) is -0.424. The molecule has 1 N–H and O–H groups in total. The van der Waals surface area contributed by atoms with Crippen LogP contribution in [-0.4, -0.2) is 28.5 Å². The molecule has 0 saturated carbocycles. The van der Waals surface area contributed by atoms with Gasteiger partial charge in [0.25, 0.3) is 11.1 Å². The predicted molar refractivity (Wildman–Crippen MR) is 99.7 cm³/mol. The molecule has 0 radical (unpaired) electrons. The molecule has 0 unspecified atom stereocenters. The molecule has 0 aliphatic carbocycles. The molecule has 0 spiro atoms. The van der Waals surface area contributed by atoms with E-state index < -0.39 is 29.4 Å². The Labute approximate surface area is 159 Å². The Morgan fingerprint density at radius 3 is 2.76 bits per heavy atom. The summed E-state index contributed by atoms with van der Waals surface area (Å²) in [6, 6.07) is 9.03. The molecule has 5 nitrogen and oxygen atoms in total. The van der Waals surface area contributed by atoms with E-state index in [0.717, 1.165) is 31.4 Å². The van der Waals surface area contributed by atoms with Gasteiger partial charge in [0, 0.05) is 10.6 Å². The second-order valence-electron chi connectivity index (χ2n) is 4.97. The SMILES string of the molecule is O=C(CN1C(=O)S/C(=C/c2ccc(Br)s2)C1=O)Nc1cccc(F)c1. The van der Waals surface area contributed by atoms with Gasteiger partial charge in [-0.15, -0.1) is 11.3 Å². The summed E-state index contributed by atoms with van der Waals surface area (Å²) in [6.07, 6.45) is 1.62. The van der Waals surface area contributed by atoms with Gasteiger partial charge in [0.1, 0.15) is 12.4 Å². The zero-order chi connectivity index (χ0) is 18.0. The number of nitrogens with one attached hydrogen (secondary N) is 1. The van der Waals surface area contributed by atoms with Gasteiger partial charge in [-0.05, 0) is 64.1 Å². The standard InChI is InChI=1S/C16H10BrFN2O3S2/c17-13-5-4-11(24-13)7-12-15(22)20(16(23)25-12)8-14(21)19-10-3-1-2-9(18)6-10/h1-7H,8H2,(H,19,21)/b12-7+. The first-order valence-electron chi connectivity index (χ1n) is 6.98. The molecule has 1 saturated heterocycles. The maximum absolute atomic E-state index is 13.1. The molecule has 1 aliphatic rings. The smallest absolute Gasteiger partial charge is 0.294 e. The van der Waals surface area contributed by atoms with E-state index in [1.165, 1.54) is 29.5 Å². The Morgan fingerprint density at radius 2 is 2.08 bits per heavy atom. The van der Waals surface area contributed by atoms with Crippen LogP contribution in [0.3, 0.4) is 0 Å². The highest BCUT2D eigenvalue weighted by molar-refractivity contribution is 9.11. The van der Waals surface area contributed by atoms with E-state index in [0.29, 0.717) is 0 Å². The average molecular weight is 441 g/mol. The van der Waals surface area contributed by atoms with Crippen molar-refractivity contribution in [3.63, 3.8) is 0 Å². The molecule has 3 rings (SSSR count). The van der Waals surface area contributed by atoms with Crippen molar-refractivity contribution in [2.24, 2.45) is 0 Å². The summed E-state index contributed by atoms with van der Waals surface area (Å²) in [5.41, 5.74) is 0.260. The van der Waals surface area contributed by atoms with Crippen molar-refractivity contribution < 1.29 is 18.8 Å². The average Bonchev–Trinajstić information content (AvgIpc) is 3.06. The van der Waals surface area contributed by atoms with Gasteiger partial charge in [-0.25, -0.2) is 4.39 Å². The van der Waals surface area contributed by atoms with Crippen LogP contribution in [0, 0.1) is 5.82 Å². The Kier molecular flexibility index (Phi) is 5.36. The van der Waals surface area contributed by atoms with Crippen molar-refractivity contribution in [1.29, 1.82) is 0 Å². The van der Waals surface area contributed by atoms with Gasteiger partial charge in [0.2, 0.25) is 5.91 Å². The minimum absolute atomic E-state index is 0.260. The number of carbonyl (C=O) groups excluding carboxylic acids is 3. The second-order valence-corrected chi connectivity index (χ2v) is 8.46. The lowest BCUT2D eigenvalue weighted by atomic mass is 10.3. The molecule has 1 aliphatic heterocycles. The Bertz CT molecular complexity index is 897. The van der Waals surface area contributed by atoms with Crippen molar-refractivity contribution in [3.8, 4) is 0 Å². The molecule has 1 aromatic carbocycles. The number of imide groups is 1. The van der Waals surface area contributed by atoms with Crippen LogP contribution in [-0.2, 0) is 9.59 Å². The number of amides is 3. The zero-order valence-corrected chi connectivity index (χ0v) is 15.7. The summed E-state index contributed by atoms with van der Waals surface area (Å²) in [4.78, 5) is 38.3. The van der Waals surface area contributed by atoms with Crippen molar-refractivity contribution in [1.82, 2.24) is 4.90 Å². The molecule has 25 heavy (non-hydrogen) atoms. The monoisotopic (exact) mass is 440 g/mol. The molecular weight excluding hydrogens is 431 g/mol. The maximum atomic E-state index is 13.1. The van der Waals surface area contributed by atoms with Crippen LogP contribution in [0.5, 0.6) is 0 Å². The highest BCUT2D eigenvalue weighted by Crippen LogP contribution is 2.34. The van der Waals surface area contributed by atoms with Gasteiger partial charge < -0.3 is 5.32 Å². The fourth-order valence-electron chi connectivity index (χ4n) is 2.08. The molecule has 1 aromatic heterocycles. The normalized spacial score (nSPS) is 15.9. The van der Waals surface area contributed by atoms with Crippen molar-refractivity contribution in [2.75, 3.05) is 11.9 Å². The Balaban J connectivity index is 1.68. The van der Waals surface area contributed by atoms with E-state index in [1.54, 1.807) is 6.08 Å². The summed E-state index contributed by atoms with van der Waals surface area (Å²) in [5.74, 6) is -1.59. The lowest BCUT2D eigenvalue weighted by molar-refractivity contribution is -0.127. The van der Waals surface area contributed by atoms with Gasteiger partial charge in [-0.1, -0.05) is 6.07 Å². The fraction of sp³-hybridized carbons (Fsp3) is 0.0625. The summed E-state index contributed by atoms with van der Waals surface area (Å²) in [7, 11) is 0. The number of anilines is 1. The van der Waals surface area contributed by atoms with Crippen LogP contribution in [0.2, 0.25) is 0 Å². The molecule has 1 fully saturated rings. The topological polar surface area (TPSA) is 66.5 Å². The van der Waals surface area contributed by atoms with Gasteiger partial charge in [-0.2, -0.15) is 0 Å². The summed E-state index contributed by atoms with van der Waals surface area (Å²) < 4.78 is 14.0.